The molecule has 0 aromatic rings. The van der Waals surface area contributed by atoms with Gasteiger partial charge in [0.15, 0.2) is 0 Å². The lowest BCUT2D eigenvalue weighted by Crippen LogP contribution is -2.56. The fourth-order valence-electron chi connectivity index (χ4n) is 2.15. The Labute approximate surface area is 136 Å². The largest absolute Gasteiger partial charge is 0.396 e. The van der Waals surface area contributed by atoms with Crippen LogP contribution in [-0.2, 0) is 9.59 Å². The van der Waals surface area contributed by atoms with E-state index in [9.17, 15) is 14.7 Å². The van der Waals surface area contributed by atoms with E-state index < -0.39 is 17.4 Å². The number of aliphatic hydroxyl groups excluding tert-OH is 3. The van der Waals surface area contributed by atoms with Crippen LogP contribution in [0, 0.1) is 5.41 Å². The summed E-state index contributed by atoms with van der Waals surface area (Å²) >= 11 is 0. The number of piperazine rings is 1. The van der Waals surface area contributed by atoms with Crippen LogP contribution in [0.4, 0.5) is 0 Å². The normalized spacial score (nSPS) is 18.5. The van der Waals surface area contributed by atoms with Crippen molar-refractivity contribution in [1.29, 1.82) is 0 Å². The quantitative estimate of drug-likeness (QED) is 0.323. The molecular formula is C14H28N4O5. The van der Waals surface area contributed by atoms with Crippen LogP contribution in [0.25, 0.3) is 0 Å². The molecule has 9 nitrogen and oxygen atoms in total. The summed E-state index contributed by atoms with van der Waals surface area (Å²) in [5, 5.41) is 31.9. The van der Waals surface area contributed by atoms with E-state index >= 15 is 0 Å². The van der Waals surface area contributed by atoms with Crippen molar-refractivity contribution < 1.29 is 24.9 Å². The smallest absolute Gasteiger partial charge is 0.253 e. The zero-order chi connectivity index (χ0) is 17.5. The molecule has 9 heteroatoms. The minimum Gasteiger partial charge on any atom is -0.396 e. The van der Waals surface area contributed by atoms with E-state index in [1.165, 1.54) is 0 Å². The number of hydrogen-bond acceptors (Lipinski definition) is 7. The Morgan fingerprint density at radius 2 is 1.78 bits per heavy atom. The number of hydrogen-bond donors (Lipinski definition) is 5. The number of carbonyl (C=O) groups is 2. The maximum absolute atomic E-state index is 11.8. The average molecular weight is 332 g/mol. The molecular weight excluding hydrogens is 304 g/mol. The molecule has 2 amide bonds. The van der Waals surface area contributed by atoms with Gasteiger partial charge in [0.25, 0.3) is 5.91 Å². The highest BCUT2D eigenvalue weighted by molar-refractivity contribution is 5.87. The molecule has 5 N–H and O–H groups in total. The summed E-state index contributed by atoms with van der Waals surface area (Å²) in [6.07, 6.45) is -1.39. The summed E-state index contributed by atoms with van der Waals surface area (Å²) in [4.78, 5) is 25.7. The maximum Gasteiger partial charge on any atom is 0.253 e. The van der Waals surface area contributed by atoms with Crippen molar-refractivity contribution in [2.75, 3.05) is 52.5 Å². The van der Waals surface area contributed by atoms with Crippen molar-refractivity contribution in [3.05, 3.63) is 0 Å². The van der Waals surface area contributed by atoms with Gasteiger partial charge < -0.3 is 20.6 Å². The van der Waals surface area contributed by atoms with E-state index in [-0.39, 0.29) is 25.7 Å². The van der Waals surface area contributed by atoms with Crippen LogP contribution in [-0.4, -0.2) is 95.6 Å². The summed E-state index contributed by atoms with van der Waals surface area (Å²) in [5.41, 5.74) is 1.72. The number of carbonyl (C=O) groups excluding carboxylic acids is 2. The molecule has 0 bridgehead atoms. The van der Waals surface area contributed by atoms with E-state index in [1.807, 2.05) is 0 Å². The second-order valence-electron chi connectivity index (χ2n) is 6.35. The van der Waals surface area contributed by atoms with Crippen LogP contribution in [0.5, 0.6) is 0 Å². The van der Waals surface area contributed by atoms with Gasteiger partial charge in [0.2, 0.25) is 5.91 Å². The lowest BCUT2D eigenvalue weighted by Gasteiger charge is -2.34. The molecule has 0 saturated carbocycles. The number of rotatable bonds is 8. The van der Waals surface area contributed by atoms with E-state index in [1.54, 1.807) is 18.9 Å². The lowest BCUT2D eigenvalue weighted by molar-refractivity contribution is -0.139. The molecule has 0 aromatic heterocycles. The molecule has 0 aliphatic carbocycles. The van der Waals surface area contributed by atoms with Gasteiger partial charge in [-0.2, -0.15) is 0 Å². The summed E-state index contributed by atoms with van der Waals surface area (Å²) in [5.74, 6) is -1.06. The summed E-state index contributed by atoms with van der Waals surface area (Å²) in [7, 11) is 0. The first kappa shape index (κ1) is 19.8. The van der Waals surface area contributed by atoms with Crippen LogP contribution in [0.15, 0.2) is 0 Å². The minimum absolute atomic E-state index is 0.116. The van der Waals surface area contributed by atoms with Gasteiger partial charge in [-0.15, -0.1) is 0 Å². The average Bonchev–Trinajstić information content (AvgIpc) is 2.54. The number of β-amino-alcohol motifs (C(OH)–C–C–N with tert-alkyl or cyclic N) is 1. The second kappa shape index (κ2) is 9.14. The molecule has 1 rings (SSSR count). The van der Waals surface area contributed by atoms with Gasteiger partial charge in [0, 0.05) is 38.1 Å². The third kappa shape index (κ3) is 6.40. The number of hydrazine groups is 1. The molecule has 0 spiro atoms. The number of nitrogens with zero attached hydrogens (tertiary/aromatic N) is 2. The van der Waals surface area contributed by atoms with Crippen molar-refractivity contribution in [3.63, 3.8) is 0 Å². The van der Waals surface area contributed by atoms with Crippen LogP contribution in [0.3, 0.4) is 0 Å². The highest BCUT2D eigenvalue weighted by Gasteiger charge is 2.33. The molecule has 1 aliphatic heterocycles. The minimum atomic E-state index is -1.39. The lowest BCUT2D eigenvalue weighted by atomic mass is 9.87. The van der Waals surface area contributed by atoms with E-state index in [2.05, 4.69) is 15.6 Å². The first-order chi connectivity index (χ1) is 10.8. The van der Waals surface area contributed by atoms with Crippen molar-refractivity contribution in [2.45, 2.75) is 20.0 Å². The molecule has 1 saturated heterocycles. The Morgan fingerprint density at radius 1 is 1.17 bits per heavy atom. The first-order valence-corrected chi connectivity index (χ1v) is 7.74. The van der Waals surface area contributed by atoms with Gasteiger partial charge in [0.1, 0.15) is 6.10 Å². The maximum atomic E-state index is 11.8. The molecule has 1 heterocycles. The SMILES string of the molecule is CC(C)(CO)[C@@H](O)C(=O)NCC(=O)NN1CCN(CCO)CC1. The van der Waals surface area contributed by atoms with Crippen LogP contribution in [0.2, 0.25) is 0 Å². The molecule has 134 valence electrons. The first-order valence-electron chi connectivity index (χ1n) is 7.74. The molecule has 23 heavy (non-hydrogen) atoms. The fourth-order valence-corrected chi connectivity index (χ4v) is 2.15. The molecule has 0 aromatic carbocycles. The predicted molar refractivity (Wildman–Crippen MR) is 83.1 cm³/mol. The van der Waals surface area contributed by atoms with Crippen molar-refractivity contribution in [2.24, 2.45) is 5.41 Å². The predicted octanol–water partition coefficient (Wildman–Crippen LogP) is -2.88. The van der Waals surface area contributed by atoms with Crippen LogP contribution >= 0.6 is 0 Å². The number of nitrogens with one attached hydrogen (secondary N) is 2. The third-order valence-corrected chi connectivity index (χ3v) is 3.89. The van der Waals surface area contributed by atoms with Gasteiger partial charge in [0.05, 0.1) is 19.8 Å². The number of aliphatic hydroxyl groups is 3. The highest BCUT2D eigenvalue weighted by Crippen LogP contribution is 2.19. The molecule has 0 unspecified atom stereocenters. The van der Waals surface area contributed by atoms with Crippen molar-refractivity contribution in [3.8, 4) is 0 Å². The Bertz CT molecular complexity index is 397. The van der Waals surface area contributed by atoms with E-state index in [0.29, 0.717) is 19.6 Å². The Morgan fingerprint density at radius 3 is 2.30 bits per heavy atom. The monoisotopic (exact) mass is 332 g/mol. The zero-order valence-electron chi connectivity index (χ0n) is 13.8. The second-order valence-corrected chi connectivity index (χ2v) is 6.35. The Balaban J connectivity index is 2.28. The molecule has 0 radical (unpaired) electrons. The van der Waals surface area contributed by atoms with E-state index in [0.717, 1.165) is 13.1 Å². The van der Waals surface area contributed by atoms with Gasteiger partial charge in [-0.05, 0) is 0 Å². The zero-order valence-corrected chi connectivity index (χ0v) is 13.8. The van der Waals surface area contributed by atoms with Crippen molar-refractivity contribution in [1.82, 2.24) is 20.7 Å². The van der Waals surface area contributed by atoms with Gasteiger partial charge in [-0.25, -0.2) is 5.01 Å². The summed E-state index contributed by atoms with van der Waals surface area (Å²) < 4.78 is 0. The molecule has 1 atom stereocenters. The van der Waals surface area contributed by atoms with Crippen molar-refractivity contribution >= 4 is 11.8 Å². The van der Waals surface area contributed by atoms with Gasteiger partial charge in [-0.3, -0.25) is 19.9 Å². The highest BCUT2D eigenvalue weighted by atomic mass is 16.3. The van der Waals surface area contributed by atoms with Gasteiger partial charge in [-0.1, -0.05) is 13.8 Å². The van der Waals surface area contributed by atoms with Gasteiger partial charge >= 0.3 is 0 Å². The standard InChI is InChI=1S/C14H28N4O5/c1-14(2,10-20)12(22)13(23)15-9-11(21)16-18-5-3-17(4-6-18)7-8-19/h12,19-20,22H,3-10H2,1-2H3,(H,15,23)(H,16,21)/t12-/m0/s1. The Hall–Kier alpha value is -1.26. The third-order valence-electron chi connectivity index (χ3n) is 3.89. The topological polar surface area (TPSA) is 125 Å². The number of amides is 2. The summed E-state index contributed by atoms with van der Waals surface area (Å²) in [6, 6.07) is 0. The van der Waals surface area contributed by atoms with Crippen LogP contribution < -0.4 is 10.7 Å². The summed E-state index contributed by atoms with van der Waals surface area (Å²) in [6.45, 7) is 6.04. The molecule has 1 fully saturated rings. The molecule has 1 aliphatic rings. The van der Waals surface area contributed by atoms with Crippen LogP contribution in [0.1, 0.15) is 13.8 Å². The Kier molecular flexibility index (Phi) is 7.86. The van der Waals surface area contributed by atoms with E-state index in [4.69, 9.17) is 10.2 Å². The fraction of sp³-hybridized carbons (Fsp3) is 0.857.